The SMILES string of the molecule is CC(C)Cc1cc(CNS(=O)(=O)c2ccc3[nH]c(=O)sc3c2)on1. The van der Waals surface area contributed by atoms with Gasteiger partial charge >= 0.3 is 4.87 Å². The van der Waals surface area contributed by atoms with Gasteiger partial charge in [-0.2, -0.15) is 0 Å². The summed E-state index contributed by atoms with van der Waals surface area (Å²) in [5.41, 5.74) is 1.43. The molecule has 0 radical (unpaired) electrons. The van der Waals surface area contributed by atoms with E-state index in [9.17, 15) is 13.2 Å². The van der Waals surface area contributed by atoms with E-state index in [-0.39, 0.29) is 16.3 Å². The Bertz CT molecular complexity index is 1010. The summed E-state index contributed by atoms with van der Waals surface area (Å²) in [5, 5.41) is 3.93. The number of rotatable bonds is 6. The molecule has 0 unspecified atom stereocenters. The largest absolute Gasteiger partial charge is 0.360 e. The van der Waals surface area contributed by atoms with Crippen LogP contribution in [-0.2, 0) is 23.0 Å². The molecule has 7 nitrogen and oxygen atoms in total. The summed E-state index contributed by atoms with van der Waals surface area (Å²) in [5.74, 6) is 0.904. The van der Waals surface area contributed by atoms with Gasteiger partial charge in [-0.15, -0.1) is 0 Å². The fourth-order valence-electron chi connectivity index (χ4n) is 2.30. The number of aromatic nitrogens is 2. The normalized spacial score (nSPS) is 12.3. The fraction of sp³-hybridized carbons (Fsp3) is 0.333. The molecular weight excluding hydrogens is 350 g/mol. The maximum atomic E-state index is 12.4. The molecule has 0 aliphatic heterocycles. The van der Waals surface area contributed by atoms with Crippen molar-refractivity contribution in [3.05, 3.63) is 45.4 Å². The van der Waals surface area contributed by atoms with Gasteiger partial charge in [0.1, 0.15) is 0 Å². The Kier molecular flexibility index (Phi) is 4.57. The molecule has 0 saturated carbocycles. The number of sulfonamides is 1. The van der Waals surface area contributed by atoms with Crippen LogP contribution in [0.4, 0.5) is 0 Å². The Balaban J connectivity index is 1.75. The summed E-state index contributed by atoms with van der Waals surface area (Å²) < 4.78 is 33.0. The van der Waals surface area contributed by atoms with Crippen LogP contribution in [0.5, 0.6) is 0 Å². The molecular formula is C15H17N3O4S2. The lowest BCUT2D eigenvalue weighted by atomic mass is 10.1. The van der Waals surface area contributed by atoms with Crippen molar-refractivity contribution >= 4 is 31.6 Å². The van der Waals surface area contributed by atoms with Crippen molar-refractivity contribution in [1.82, 2.24) is 14.9 Å². The van der Waals surface area contributed by atoms with Crippen molar-refractivity contribution in [3.8, 4) is 0 Å². The van der Waals surface area contributed by atoms with Gasteiger partial charge in [0, 0.05) is 6.07 Å². The zero-order valence-electron chi connectivity index (χ0n) is 13.2. The number of nitrogens with zero attached hydrogens (tertiary/aromatic N) is 1. The molecule has 9 heteroatoms. The molecule has 24 heavy (non-hydrogen) atoms. The molecule has 0 aliphatic carbocycles. The summed E-state index contributed by atoms with van der Waals surface area (Å²) in [6, 6.07) is 6.27. The molecule has 0 bridgehead atoms. The average molecular weight is 367 g/mol. The first kappa shape index (κ1) is 16.9. The van der Waals surface area contributed by atoms with E-state index in [1.807, 2.05) is 0 Å². The van der Waals surface area contributed by atoms with Gasteiger partial charge in [-0.05, 0) is 30.5 Å². The van der Waals surface area contributed by atoms with Gasteiger partial charge in [0.05, 0.1) is 27.4 Å². The molecule has 1 aromatic carbocycles. The number of fused-ring (bicyclic) bond motifs is 1. The highest BCUT2D eigenvalue weighted by Crippen LogP contribution is 2.19. The highest BCUT2D eigenvalue weighted by Gasteiger charge is 2.16. The predicted octanol–water partition coefficient (Wildman–Crippen LogP) is 2.25. The van der Waals surface area contributed by atoms with E-state index in [2.05, 4.69) is 28.7 Å². The summed E-state index contributed by atoms with van der Waals surface area (Å²) in [6.07, 6.45) is 0.777. The second-order valence-electron chi connectivity index (χ2n) is 5.88. The Labute approximate surface area is 142 Å². The van der Waals surface area contributed by atoms with E-state index in [0.717, 1.165) is 23.5 Å². The summed E-state index contributed by atoms with van der Waals surface area (Å²) in [6.45, 7) is 4.17. The lowest BCUT2D eigenvalue weighted by Gasteiger charge is -2.04. The zero-order chi connectivity index (χ0) is 17.3. The average Bonchev–Trinajstić information content (AvgIpc) is 3.09. The maximum absolute atomic E-state index is 12.4. The lowest BCUT2D eigenvalue weighted by Crippen LogP contribution is -2.22. The van der Waals surface area contributed by atoms with Crippen LogP contribution >= 0.6 is 11.3 Å². The molecule has 128 valence electrons. The van der Waals surface area contributed by atoms with E-state index in [1.54, 1.807) is 12.1 Å². The minimum atomic E-state index is -3.70. The lowest BCUT2D eigenvalue weighted by molar-refractivity contribution is 0.372. The summed E-state index contributed by atoms with van der Waals surface area (Å²) in [7, 11) is -3.70. The molecule has 0 amide bonds. The Morgan fingerprint density at radius 3 is 2.88 bits per heavy atom. The van der Waals surface area contributed by atoms with Crippen LogP contribution in [0, 0.1) is 5.92 Å². The zero-order valence-corrected chi connectivity index (χ0v) is 14.8. The van der Waals surface area contributed by atoms with Crippen molar-refractivity contribution < 1.29 is 12.9 Å². The quantitative estimate of drug-likeness (QED) is 0.695. The van der Waals surface area contributed by atoms with E-state index in [1.165, 1.54) is 12.1 Å². The first-order chi connectivity index (χ1) is 11.3. The number of aromatic amines is 1. The fourth-order valence-corrected chi connectivity index (χ4v) is 4.17. The molecule has 2 N–H and O–H groups in total. The highest BCUT2D eigenvalue weighted by atomic mass is 32.2. The molecule has 0 spiro atoms. The molecule has 0 aliphatic rings. The van der Waals surface area contributed by atoms with Crippen molar-refractivity contribution in [2.75, 3.05) is 0 Å². The van der Waals surface area contributed by atoms with Crippen molar-refractivity contribution in [2.45, 2.75) is 31.7 Å². The minimum absolute atomic E-state index is 0.0227. The molecule has 0 saturated heterocycles. The molecule has 0 atom stereocenters. The summed E-state index contributed by atoms with van der Waals surface area (Å²) in [4.78, 5) is 13.8. The molecule has 0 fully saturated rings. The second-order valence-corrected chi connectivity index (χ2v) is 8.66. The number of hydrogen-bond acceptors (Lipinski definition) is 6. The highest BCUT2D eigenvalue weighted by molar-refractivity contribution is 7.89. The van der Waals surface area contributed by atoms with Gasteiger partial charge in [0.2, 0.25) is 10.0 Å². The predicted molar refractivity (Wildman–Crippen MR) is 91.5 cm³/mol. The number of H-pyrrole nitrogens is 1. The maximum Gasteiger partial charge on any atom is 0.305 e. The third-order valence-corrected chi connectivity index (χ3v) is 5.61. The smallest absolute Gasteiger partial charge is 0.305 e. The Morgan fingerprint density at radius 2 is 2.12 bits per heavy atom. The van der Waals surface area contributed by atoms with Gasteiger partial charge in [0.15, 0.2) is 5.76 Å². The van der Waals surface area contributed by atoms with Gasteiger partial charge in [0.25, 0.3) is 0 Å². The number of nitrogens with one attached hydrogen (secondary N) is 2. The minimum Gasteiger partial charge on any atom is -0.360 e. The van der Waals surface area contributed by atoms with Crippen LogP contribution in [0.15, 0.2) is 38.5 Å². The molecule has 2 heterocycles. The Morgan fingerprint density at radius 1 is 1.33 bits per heavy atom. The van der Waals surface area contributed by atoms with E-state index in [0.29, 0.717) is 21.9 Å². The van der Waals surface area contributed by atoms with Crippen LogP contribution < -0.4 is 9.60 Å². The van der Waals surface area contributed by atoms with Gasteiger partial charge < -0.3 is 9.51 Å². The first-order valence-corrected chi connectivity index (χ1v) is 9.70. The van der Waals surface area contributed by atoms with E-state index < -0.39 is 10.0 Å². The van der Waals surface area contributed by atoms with Crippen LogP contribution in [-0.4, -0.2) is 18.6 Å². The Hall–Kier alpha value is -1.97. The summed E-state index contributed by atoms with van der Waals surface area (Å²) >= 11 is 0.974. The third kappa shape index (κ3) is 3.74. The van der Waals surface area contributed by atoms with Crippen LogP contribution in [0.25, 0.3) is 10.2 Å². The van der Waals surface area contributed by atoms with Crippen LogP contribution in [0.3, 0.4) is 0 Å². The van der Waals surface area contributed by atoms with Crippen molar-refractivity contribution in [3.63, 3.8) is 0 Å². The van der Waals surface area contributed by atoms with Crippen molar-refractivity contribution in [2.24, 2.45) is 5.92 Å². The van der Waals surface area contributed by atoms with E-state index in [4.69, 9.17) is 4.52 Å². The molecule has 3 rings (SSSR count). The number of hydrogen-bond donors (Lipinski definition) is 2. The van der Waals surface area contributed by atoms with Crippen molar-refractivity contribution in [1.29, 1.82) is 0 Å². The standard InChI is InChI=1S/C15H17N3O4S2/c1-9(2)5-10-6-11(22-18-10)8-16-24(20,21)12-3-4-13-14(7-12)23-15(19)17-13/h3-4,6-7,9,16H,5,8H2,1-2H3,(H,17,19). The topological polar surface area (TPSA) is 105 Å². The number of benzene rings is 1. The molecule has 3 aromatic rings. The molecule has 2 aromatic heterocycles. The van der Waals surface area contributed by atoms with Crippen LogP contribution in [0.2, 0.25) is 0 Å². The third-order valence-electron chi connectivity index (χ3n) is 3.36. The van der Waals surface area contributed by atoms with Gasteiger partial charge in [-0.1, -0.05) is 30.3 Å². The van der Waals surface area contributed by atoms with Crippen LogP contribution in [0.1, 0.15) is 25.3 Å². The van der Waals surface area contributed by atoms with E-state index >= 15 is 0 Å². The number of thiazole rings is 1. The first-order valence-electron chi connectivity index (χ1n) is 7.40. The van der Waals surface area contributed by atoms with Gasteiger partial charge in [-0.3, -0.25) is 4.79 Å². The monoisotopic (exact) mass is 367 g/mol. The second kappa shape index (κ2) is 6.50. The van der Waals surface area contributed by atoms with Gasteiger partial charge in [-0.25, -0.2) is 13.1 Å².